The summed E-state index contributed by atoms with van der Waals surface area (Å²) in [7, 11) is -8.67. The molecule has 4 atom stereocenters. The van der Waals surface area contributed by atoms with E-state index >= 15 is 0 Å². The van der Waals surface area contributed by atoms with Crippen molar-refractivity contribution in [2.24, 2.45) is 0 Å². The smallest absolute Gasteiger partial charge is 0.748 e. The minimum Gasteiger partial charge on any atom is -0.748 e. The Morgan fingerprint density at radius 3 is 1.27 bits per heavy atom. The fraction of sp³-hybridized carbons (Fsp3) is 0.588. The van der Waals surface area contributed by atoms with Gasteiger partial charge in [-0.1, -0.05) is 100 Å². The van der Waals surface area contributed by atoms with Crippen LogP contribution in [0.1, 0.15) is 75.7 Å². The minimum absolute atomic E-state index is 0. The van der Waals surface area contributed by atoms with Crippen LogP contribution in [0.4, 0.5) is 0 Å². The maximum absolute atomic E-state index is 10.9. The first kappa shape index (κ1) is 58.3. The van der Waals surface area contributed by atoms with Crippen LogP contribution in [0.3, 0.4) is 0 Å². The number of nitrogens with zero attached hydrogens (tertiary/aromatic N) is 2. The fourth-order valence-electron chi connectivity index (χ4n) is 5.03. The largest absolute Gasteiger partial charge is 1.00 e. The zero-order valence-corrected chi connectivity index (χ0v) is 35.9. The van der Waals surface area contributed by atoms with Crippen molar-refractivity contribution < 1.29 is 126 Å². The fourth-order valence-corrected chi connectivity index (χ4v) is 5.95. The zero-order valence-electron chi connectivity index (χ0n) is 31.2. The first-order chi connectivity index (χ1) is 23.7. The van der Waals surface area contributed by atoms with Gasteiger partial charge in [0.25, 0.3) is 0 Å². The van der Waals surface area contributed by atoms with Gasteiger partial charge in [0.2, 0.25) is 0 Å². The molecule has 0 radical (unpaired) electrons. The quantitative estimate of drug-likeness (QED) is 0.0655. The van der Waals surface area contributed by atoms with Gasteiger partial charge in [-0.25, -0.2) is 16.8 Å². The Morgan fingerprint density at radius 2 is 0.981 bits per heavy atom. The van der Waals surface area contributed by atoms with Crippen LogP contribution in [0.5, 0.6) is 0 Å². The van der Waals surface area contributed by atoms with Crippen LogP contribution in [0.15, 0.2) is 60.7 Å². The van der Waals surface area contributed by atoms with Crippen molar-refractivity contribution in [3.05, 3.63) is 71.8 Å². The molecule has 52 heavy (non-hydrogen) atoms. The van der Waals surface area contributed by atoms with Gasteiger partial charge in [-0.3, -0.25) is 9.80 Å². The Kier molecular flexibility index (Phi) is 39.3. The van der Waals surface area contributed by atoms with E-state index < -0.39 is 43.9 Å². The van der Waals surface area contributed by atoms with Crippen LogP contribution in [0.2, 0.25) is 0 Å². The minimum atomic E-state index is -4.37. The number of hydrogen-bond acceptors (Lipinski definition) is 14. The number of benzene rings is 2. The first-order valence-corrected chi connectivity index (χ1v) is 19.5. The Bertz CT molecular complexity index is 1250. The van der Waals surface area contributed by atoms with Crippen molar-refractivity contribution in [2.75, 3.05) is 50.9 Å². The van der Waals surface area contributed by atoms with E-state index in [0.717, 1.165) is 38.5 Å². The van der Waals surface area contributed by atoms with Gasteiger partial charge in [0, 0.05) is 38.3 Å². The second kappa shape index (κ2) is 35.0. The summed E-state index contributed by atoms with van der Waals surface area (Å²) in [5.74, 6) is -1.06. The maximum atomic E-state index is 10.9. The second-order valence-corrected chi connectivity index (χ2v) is 14.4. The molecule has 0 aliphatic heterocycles. The number of rotatable bonds is 22. The Labute approximate surface area is 365 Å². The van der Waals surface area contributed by atoms with Crippen LogP contribution in [0, 0.1) is 0 Å². The summed E-state index contributed by atoms with van der Waals surface area (Å²) in [4.78, 5) is 19.4. The molecule has 288 valence electrons. The molecule has 2 aromatic rings. The van der Waals surface area contributed by atoms with Gasteiger partial charge in [0.05, 0.1) is 57.2 Å². The number of carbonyl (C=O) groups excluding carboxylic acids is 2. The predicted molar refractivity (Wildman–Crippen MR) is 190 cm³/mol. The molecule has 0 heterocycles. The molecule has 0 bridgehead atoms. The standard InChI is InChI=1S/C18H23NO5S.C14H31NO5S.2CH2O.K.Li/c20-17(15-7-3-1-4-8-15)13-19(11-12-25(22,23)24)14-18(21)16-9-5-2-6-10-16;1-3-5-7-13(11-16)15(9-10-21(18,19)20)14(12-17)8-6-4-2;2*1-2;;/h1-10,17-18,20-21H,11-14H2,(H,22,23,24);13-14,16-17H,3-12H2,1-2H3,(H,18,19,20);2*1H2;;/q;;;;2*+1/p-2. The summed E-state index contributed by atoms with van der Waals surface area (Å²) in [6.07, 6.45) is 3.54. The molecule has 2 rings (SSSR count). The molecule has 0 fully saturated rings. The normalized spacial score (nSPS) is 13.3. The molecule has 0 saturated carbocycles. The molecule has 0 aromatic heterocycles. The van der Waals surface area contributed by atoms with E-state index in [0.29, 0.717) is 11.1 Å². The maximum Gasteiger partial charge on any atom is 1.00 e. The van der Waals surface area contributed by atoms with Crippen molar-refractivity contribution in [1.82, 2.24) is 9.80 Å². The van der Waals surface area contributed by atoms with E-state index in [2.05, 4.69) is 0 Å². The van der Waals surface area contributed by atoms with Crippen LogP contribution in [0.25, 0.3) is 0 Å². The van der Waals surface area contributed by atoms with Crippen LogP contribution in [-0.4, -0.2) is 133 Å². The molecule has 0 saturated heterocycles. The van der Waals surface area contributed by atoms with E-state index in [1.165, 1.54) is 0 Å². The Balaban J connectivity index is -0.000000396. The topological polar surface area (TPSA) is 236 Å². The van der Waals surface area contributed by atoms with Crippen LogP contribution in [-0.2, 0) is 29.8 Å². The van der Waals surface area contributed by atoms with Crippen molar-refractivity contribution in [2.45, 2.75) is 76.7 Å². The summed E-state index contributed by atoms with van der Waals surface area (Å²) in [6, 6.07) is 17.5. The van der Waals surface area contributed by atoms with Crippen molar-refractivity contribution in [3.8, 4) is 0 Å². The molecule has 18 heteroatoms. The third-order valence-electron chi connectivity index (χ3n) is 7.63. The van der Waals surface area contributed by atoms with Gasteiger partial charge in [0.1, 0.15) is 13.6 Å². The Morgan fingerprint density at radius 1 is 0.654 bits per heavy atom. The molecule has 14 nitrogen and oxygen atoms in total. The monoisotopic (exact) mass is 794 g/mol. The molecule has 0 aliphatic rings. The SMILES string of the molecule is C=O.C=O.CCCCC(CO)N(CCS(=O)(=O)[O-])C(CO)CCCC.O=S(=O)([O-])CCN(CC(O)c1ccccc1)CC(O)c1ccccc1.[K+].[Li+]. The van der Waals surface area contributed by atoms with E-state index in [-0.39, 0.29) is 122 Å². The summed E-state index contributed by atoms with van der Waals surface area (Å²) in [5.41, 5.74) is 1.37. The summed E-state index contributed by atoms with van der Waals surface area (Å²) in [5, 5.41) is 39.8. The van der Waals surface area contributed by atoms with Crippen LogP contribution >= 0.6 is 0 Å². The second-order valence-electron chi connectivity index (χ2n) is 11.3. The molecule has 0 aliphatic carbocycles. The van der Waals surface area contributed by atoms with E-state index in [4.69, 9.17) is 9.59 Å². The molecule has 4 N–H and O–H groups in total. The van der Waals surface area contributed by atoms with Crippen molar-refractivity contribution in [3.63, 3.8) is 0 Å². The van der Waals surface area contributed by atoms with Gasteiger partial charge < -0.3 is 39.1 Å². The summed E-state index contributed by atoms with van der Waals surface area (Å²) < 4.78 is 65.5. The molecule has 4 unspecified atom stereocenters. The molecule has 0 spiro atoms. The third-order valence-corrected chi connectivity index (χ3v) is 8.99. The van der Waals surface area contributed by atoms with E-state index in [1.54, 1.807) is 58.3 Å². The van der Waals surface area contributed by atoms with Crippen LogP contribution < -0.4 is 70.2 Å². The van der Waals surface area contributed by atoms with Gasteiger partial charge >= 0.3 is 70.2 Å². The average Bonchev–Trinajstić information content (AvgIpc) is 3.11. The summed E-state index contributed by atoms with van der Waals surface area (Å²) in [6.45, 7) is 8.13. The van der Waals surface area contributed by atoms with Gasteiger partial charge in [0.15, 0.2) is 0 Å². The molecular weight excluding hydrogens is 739 g/mol. The van der Waals surface area contributed by atoms with Gasteiger partial charge in [-0.2, -0.15) is 0 Å². The molecular formula is C34H56KLiN2O12S2. The number of unbranched alkanes of at least 4 members (excludes halogenated alkanes) is 2. The number of carbonyl (C=O) groups is 2. The molecule has 2 aromatic carbocycles. The number of hydrogen-bond donors (Lipinski definition) is 4. The predicted octanol–water partition coefficient (Wildman–Crippen LogP) is -4.13. The number of aliphatic hydroxyl groups excluding tert-OH is 4. The molecule has 0 amide bonds. The van der Waals surface area contributed by atoms with Crippen molar-refractivity contribution in [1.29, 1.82) is 0 Å². The number of aliphatic hydroxyl groups is 4. The summed E-state index contributed by atoms with van der Waals surface area (Å²) >= 11 is 0. The van der Waals surface area contributed by atoms with Gasteiger partial charge in [-0.15, -0.1) is 0 Å². The first-order valence-electron chi connectivity index (χ1n) is 16.3. The van der Waals surface area contributed by atoms with Gasteiger partial charge in [-0.05, 0) is 24.0 Å². The Hall–Kier alpha value is -0.406. The van der Waals surface area contributed by atoms with E-state index in [1.807, 2.05) is 39.6 Å². The average molecular weight is 795 g/mol. The third kappa shape index (κ3) is 29.0. The van der Waals surface area contributed by atoms with E-state index in [9.17, 15) is 46.4 Å². The zero-order chi connectivity index (χ0) is 38.6. The van der Waals surface area contributed by atoms with Crippen molar-refractivity contribution >= 4 is 33.8 Å².